The number of allylic oxidation sites excluding steroid dienone is 2. The molecule has 1 aromatic carbocycles. The van der Waals surface area contributed by atoms with Crippen LogP contribution >= 0.6 is 0 Å². The molecule has 1 aromatic rings. The average Bonchev–Trinajstić information content (AvgIpc) is 2.32. The number of benzene rings is 1. The molecule has 0 aromatic heterocycles. The smallest absolute Gasteiger partial charge is 0.136 e. The molecule has 0 amide bonds. The van der Waals surface area contributed by atoms with E-state index in [2.05, 4.69) is 51.1 Å². The first kappa shape index (κ1) is 13.1. The SMILES string of the molecule is CC(C)(C)c1ccc(CC2=CCC(=O)CC2)cc1. The van der Waals surface area contributed by atoms with Crippen LogP contribution in [-0.4, -0.2) is 5.78 Å². The molecule has 1 aliphatic rings. The zero-order chi connectivity index (χ0) is 13.2. The second kappa shape index (κ2) is 5.09. The second-order valence-electron chi connectivity index (χ2n) is 6.23. The lowest BCUT2D eigenvalue weighted by Crippen LogP contribution is -2.11. The second-order valence-corrected chi connectivity index (χ2v) is 6.23. The Hall–Kier alpha value is -1.37. The van der Waals surface area contributed by atoms with Crippen LogP contribution in [0.2, 0.25) is 0 Å². The first-order valence-corrected chi connectivity index (χ1v) is 6.74. The summed E-state index contributed by atoms with van der Waals surface area (Å²) in [6, 6.07) is 8.89. The number of rotatable bonds is 2. The minimum Gasteiger partial charge on any atom is -0.299 e. The molecular formula is C17H22O. The largest absolute Gasteiger partial charge is 0.299 e. The highest BCUT2D eigenvalue weighted by atomic mass is 16.1. The van der Waals surface area contributed by atoms with E-state index in [4.69, 9.17) is 0 Å². The van der Waals surface area contributed by atoms with Crippen molar-refractivity contribution in [3.63, 3.8) is 0 Å². The molecule has 0 unspecified atom stereocenters. The zero-order valence-electron chi connectivity index (χ0n) is 11.6. The van der Waals surface area contributed by atoms with E-state index in [1.54, 1.807) is 0 Å². The molecule has 0 atom stereocenters. The van der Waals surface area contributed by atoms with E-state index in [1.807, 2.05) is 0 Å². The Kier molecular flexibility index (Phi) is 3.70. The number of ketones is 1. The highest BCUT2D eigenvalue weighted by Gasteiger charge is 2.14. The van der Waals surface area contributed by atoms with Crippen LogP contribution in [0, 0.1) is 0 Å². The zero-order valence-corrected chi connectivity index (χ0v) is 11.6. The Morgan fingerprint density at radius 2 is 1.72 bits per heavy atom. The Bertz CT molecular complexity index is 457. The summed E-state index contributed by atoms with van der Waals surface area (Å²) in [5.74, 6) is 0.377. The molecule has 0 saturated heterocycles. The van der Waals surface area contributed by atoms with Gasteiger partial charge in [-0.1, -0.05) is 56.7 Å². The minimum atomic E-state index is 0.217. The lowest BCUT2D eigenvalue weighted by Gasteiger charge is -2.19. The van der Waals surface area contributed by atoms with Crippen LogP contribution in [0.15, 0.2) is 35.9 Å². The highest BCUT2D eigenvalue weighted by Crippen LogP contribution is 2.24. The number of Topliss-reactive ketones (excluding diaryl/α,β-unsaturated/α-hetero) is 1. The molecule has 18 heavy (non-hydrogen) atoms. The van der Waals surface area contributed by atoms with Gasteiger partial charge in [0.15, 0.2) is 0 Å². The fraction of sp³-hybridized carbons (Fsp3) is 0.471. The topological polar surface area (TPSA) is 17.1 Å². The van der Waals surface area contributed by atoms with Gasteiger partial charge in [0.25, 0.3) is 0 Å². The minimum absolute atomic E-state index is 0.217. The Balaban J connectivity index is 2.05. The lowest BCUT2D eigenvalue weighted by atomic mass is 9.86. The Labute approximate surface area is 110 Å². The van der Waals surface area contributed by atoms with Crippen molar-refractivity contribution in [1.29, 1.82) is 0 Å². The highest BCUT2D eigenvalue weighted by molar-refractivity contribution is 5.81. The van der Waals surface area contributed by atoms with Gasteiger partial charge in [0, 0.05) is 12.8 Å². The van der Waals surface area contributed by atoms with Gasteiger partial charge in [-0.3, -0.25) is 4.79 Å². The normalized spacial score (nSPS) is 16.6. The molecule has 1 nitrogen and oxygen atoms in total. The molecule has 0 saturated carbocycles. The summed E-state index contributed by atoms with van der Waals surface area (Å²) in [6.07, 6.45) is 5.42. The van der Waals surface area contributed by atoms with Gasteiger partial charge in [-0.2, -0.15) is 0 Å². The fourth-order valence-corrected chi connectivity index (χ4v) is 2.31. The van der Waals surface area contributed by atoms with E-state index >= 15 is 0 Å². The molecule has 2 rings (SSSR count). The van der Waals surface area contributed by atoms with Gasteiger partial charge >= 0.3 is 0 Å². The predicted octanol–water partition coefficient (Wildman–Crippen LogP) is 4.21. The number of hydrogen-bond acceptors (Lipinski definition) is 1. The summed E-state index contributed by atoms with van der Waals surface area (Å²) in [4.78, 5) is 11.2. The van der Waals surface area contributed by atoms with Crippen molar-refractivity contribution in [2.45, 2.75) is 51.9 Å². The average molecular weight is 242 g/mol. The molecule has 0 bridgehead atoms. The van der Waals surface area contributed by atoms with Gasteiger partial charge < -0.3 is 0 Å². The quantitative estimate of drug-likeness (QED) is 0.710. The van der Waals surface area contributed by atoms with Crippen LogP contribution in [0.3, 0.4) is 0 Å². The van der Waals surface area contributed by atoms with Crippen molar-refractivity contribution in [2.75, 3.05) is 0 Å². The summed E-state index contributed by atoms with van der Waals surface area (Å²) >= 11 is 0. The Morgan fingerprint density at radius 3 is 2.22 bits per heavy atom. The molecule has 96 valence electrons. The van der Waals surface area contributed by atoms with Gasteiger partial charge in [0.1, 0.15) is 5.78 Å². The van der Waals surface area contributed by atoms with Crippen LogP contribution in [0.5, 0.6) is 0 Å². The van der Waals surface area contributed by atoms with Crippen molar-refractivity contribution in [3.05, 3.63) is 47.0 Å². The molecule has 0 aliphatic heterocycles. The Morgan fingerprint density at radius 1 is 1.06 bits per heavy atom. The van der Waals surface area contributed by atoms with E-state index in [1.165, 1.54) is 16.7 Å². The molecule has 0 radical (unpaired) electrons. The van der Waals surface area contributed by atoms with Crippen LogP contribution in [0.4, 0.5) is 0 Å². The summed E-state index contributed by atoms with van der Waals surface area (Å²) < 4.78 is 0. The van der Waals surface area contributed by atoms with Crippen LogP contribution in [-0.2, 0) is 16.6 Å². The third-order valence-electron chi connectivity index (χ3n) is 3.59. The fourth-order valence-electron chi connectivity index (χ4n) is 2.31. The van der Waals surface area contributed by atoms with E-state index in [9.17, 15) is 4.79 Å². The summed E-state index contributed by atoms with van der Waals surface area (Å²) in [5, 5.41) is 0. The van der Waals surface area contributed by atoms with E-state index in [0.29, 0.717) is 12.2 Å². The predicted molar refractivity (Wildman–Crippen MR) is 75.8 cm³/mol. The van der Waals surface area contributed by atoms with Gasteiger partial charge in [0.05, 0.1) is 0 Å². The monoisotopic (exact) mass is 242 g/mol. The molecule has 1 heteroatoms. The summed E-state index contributed by atoms with van der Waals surface area (Å²) in [6.45, 7) is 6.70. The molecular weight excluding hydrogens is 220 g/mol. The first-order valence-electron chi connectivity index (χ1n) is 6.74. The first-order chi connectivity index (χ1) is 8.45. The molecule has 0 N–H and O–H groups in total. The standard InChI is InChI=1S/C17H22O/c1-17(2,3)15-8-4-13(5-9-15)12-14-6-10-16(18)11-7-14/h4-6,8-9H,7,10-12H2,1-3H3. The van der Waals surface area contributed by atoms with Gasteiger partial charge in [-0.05, 0) is 29.4 Å². The lowest BCUT2D eigenvalue weighted by molar-refractivity contribution is -0.118. The number of hydrogen-bond donors (Lipinski definition) is 0. The maximum atomic E-state index is 11.2. The van der Waals surface area contributed by atoms with Crippen LogP contribution in [0.25, 0.3) is 0 Å². The summed E-state index contributed by atoms with van der Waals surface area (Å²) in [5.41, 5.74) is 4.36. The van der Waals surface area contributed by atoms with Crippen molar-refractivity contribution >= 4 is 5.78 Å². The van der Waals surface area contributed by atoms with Crippen LogP contribution < -0.4 is 0 Å². The molecule has 0 spiro atoms. The van der Waals surface area contributed by atoms with Crippen molar-refractivity contribution < 1.29 is 4.79 Å². The molecule has 1 aliphatic carbocycles. The van der Waals surface area contributed by atoms with Gasteiger partial charge in [-0.15, -0.1) is 0 Å². The van der Waals surface area contributed by atoms with Crippen molar-refractivity contribution in [2.24, 2.45) is 0 Å². The maximum absolute atomic E-state index is 11.2. The van der Waals surface area contributed by atoms with E-state index in [-0.39, 0.29) is 5.41 Å². The molecule has 0 heterocycles. The molecule has 0 fully saturated rings. The van der Waals surface area contributed by atoms with Gasteiger partial charge in [-0.25, -0.2) is 0 Å². The van der Waals surface area contributed by atoms with E-state index in [0.717, 1.165) is 19.3 Å². The third-order valence-corrected chi connectivity index (χ3v) is 3.59. The van der Waals surface area contributed by atoms with Crippen molar-refractivity contribution in [3.8, 4) is 0 Å². The van der Waals surface area contributed by atoms with Gasteiger partial charge in [0.2, 0.25) is 0 Å². The van der Waals surface area contributed by atoms with E-state index < -0.39 is 0 Å². The van der Waals surface area contributed by atoms with Crippen molar-refractivity contribution in [1.82, 2.24) is 0 Å². The maximum Gasteiger partial charge on any atom is 0.136 e. The summed E-state index contributed by atoms with van der Waals surface area (Å²) in [7, 11) is 0. The van der Waals surface area contributed by atoms with Crippen LogP contribution in [0.1, 0.15) is 51.2 Å². The third kappa shape index (κ3) is 3.32. The number of carbonyl (C=O) groups is 1. The number of carbonyl (C=O) groups excluding carboxylic acids is 1.